The van der Waals surface area contributed by atoms with Crippen molar-refractivity contribution in [3.8, 4) is 5.75 Å². The molecule has 0 aliphatic carbocycles. The zero-order valence-electron chi connectivity index (χ0n) is 16.6. The number of carbonyl (C=O) groups excluding carboxylic acids is 1. The molecule has 0 saturated heterocycles. The van der Waals surface area contributed by atoms with E-state index in [1.165, 1.54) is 0 Å². The first-order chi connectivity index (χ1) is 13.4. The third-order valence-corrected chi connectivity index (χ3v) is 4.26. The third-order valence-electron chi connectivity index (χ3n) is 4.26. The fraction of sp³-hybridized carbons (Fsp3) is 0.400. The zero-order chi connectivity index (χ0) is 20.1. The lowest BCUT2D eigenvalue weighted by Gasteiger charge is -2.15. The van der Waals surface area contributed by atoms with Crippen LogP contribution in [-0.2, 0) is 13.2 Å². The molecule has 1 aromatic carbocycles. The molecule has 0 radical (unpaired) electrons. The first-order valence-corrected chi connectivity index (χ1v) is 9.22. The maximum atomic E-state index is 12.6. The lowest BCUT2D eigenvalue weighted by Crippen LogP contribution is -2.30. The predicted octanol–water partition coefficient (Wildman–Crippen LogP) is 2.84. The van der Waals surface area contributed by atoms with Gasteiger partial charge in [-0.25, -0.2) is 0 Å². The summed E-state index contributed by atoms with van der Waals surface area (Å²) in [4.78, 5) is 16.7. The van der Waals surface area contributed by atoms with Crippen molar-refractivity contribution < 1.29 is 14.1 Å². The number of hydrogen-bond acceptors (Lipinski definition) is 6. The minimum Gasteiger partial charge on any atom is -0.485 e. The van der Waals surface area contributed by atoms with Crippen LogP contribution in [0, 0.1) is 26.7 Å². The second kappa shape index (κ2) is 8.69. The highest BCUT2D eigenvalue weighted by Gasteiger charge is 2.15. The molecule has 0 aliphatic heterocycles. The monoisotopic (exact) mass is 383 g/mol. The van der Waals surface area contributed by atoms with Gasteiger partial charge >= 0.3 is 0 Å². The Labute approximate surface area is 163 Å². The van der Waals surface area contributed by atoms with Crippen LogP contribution in [0.15, 0.2) is 34.9 Å². The number of aromatic nitrogens is 4. The van der Waals surface area contributed by atoms with Crippen LogP contribution in [0.5, 0.6) is 5.75 Å². The van der Waals surface area contributed by atoms with Crippen LogP contribution in [0.3, 0.4) is 0 Å². The molecule has 8 heteroatoms. The Bertz CT molecular complexity index is 947. The van der Waals surface area contributed by atoms with Gasteiger partial charge in [0.25, 0.3) is 5.91 Å². The Balaban J connectivity index is 1.57. The van der Waals surface area contributed by atoms with Crippen LogP contribution in [0.4, 0.5) is 0 Å². The molecule has 3 aromatic rings. The van der Waals surface area contributed by atoms with Crippen molar-refractivity contribution in [1.29, 1.82) is 0 Å². The fourth-order valence-corrected chi connectivity index (χ4v) is 2.90. The van der Waals surface area contributed by atoms with Crippen molar-refractivity contribution in [3.05, 3.63) is 59.0 Å². The van der Waals surface area contributed by atoms with Crippen molar-refractivity contribution in [3.63, 3.8) is 0 Å². The number of benzene rings is 1. The Morgan fingerprint density at radius 2 is 2.07 bits per heavy atom. The van der Waals surface area contributed by atoms with Crippen molar-refractivity contribution >= 4 is 5.91 Å². The van der Waals surface area contributed by atoms with Crippen LogP contribution in [0.1, 0.15) is 40.4 Å². The summed E-state index contributed by atoms with van der Waals surface area (Å²) in [5, 5.41) is 11.2. The average molecular weight is 383 g/mol. The summed E-state index contributed by atoms with van der Waals surface area (Å²) < 4.78 is 12.6. The molecule has 0 spiro atoms. The van der Waals surface area contributed by atoms with Crippen molar-refractivity contribution in [2.24, 2.45) is 5.92 Å². The Hall–Kier alpha value is -3.16. The number of hydrogen-bond donors (Lipinski definition) is 1. The molecule has 1 N–H and O–H groups in total. The van der Waals surface area contributed by atoms with Crippen LogP contribution >= 0.6 is 0 Å². The molecule has 148 valence electrons. The summed E-state index contributed by atoms with van der Waals surface area (Å²) in [5.74, 6) is 1.44. The first kappa shape index (κ1) is 19.6. The Kier molecular flexibility index (Phi) is 6.08. The smallest absolute Gasteiger partial charge is 0.255 e. The number of ether oxygens (including phenoxy) is 1. The van der Waals surface area contributed by atoms with E-state index in [2.05, 4.69) is 27.5 Å². The van der Waals surface area contributed by atoms with Gasteiger partial charge in [0, 0.05) is 25.7 Å². The quantitative estimate of drug-likeness (QED) is 0.643. The first-order valence-electron chi connectivity index (χ1n) is 9.22. The molecule has 0 aliphatic rings. The number of aryl methyl sites for hydroxylation is 3. The van der Waals surface area contributed by atoms with Gasteiger partial charge in [-0.15, -0.1) is 0 Å². The number of nitrogens with zero attached hydrogens (tertiary/aromatic N) is 4. The van der Waals surface area contributed by atoms with Gasteiger partial charge in [-0.3, -0.25) is 9.48 Å². The van der Waals surface area contributed by atoms with Crippen LogP contribution in [-0.4, -0.2) is 32.4 Å². The largest absolute Gasteiger partial charge is 0.485 e. The molecule has 2 aromatic heterocycles. The molecule has 28 heavy (non-hydrogen) atoms. The number of nitrogens with one attached hydrogen (secondary N) is 1. The normalized spacial score (nSPS) is 12.0. The number of amides is 1. The van der Waals surface area contributed by atoms with Gasteiger partial charge in [-0.05, 0) is 38.0 Å². The summed E-state index contributed by atoms with van der Waals surface area (Å²) in [7, 11) is 0. The van der Waals surface area contributed by atoms with Gasteiger partial charge in [0.2, 0.25) is 11.7 Å². The summed E-state index contributed by atoms with van der Waals surface area (Å²) in [6, 6.07) is 9.15. The average Bonchev–Trinajstić information content (AvgIpc) is 3.22. The number of rotatable bonds is 8. The molecule has 8 nitrogen and oxygen atoms in total. The van der Waals surface area contributed by atoms with E-state index >= 15 is 0 Å². The third kappa shape index (κ3) is 4.97. The summed E-state index contributed by atoms with van der Waals surface area (Å²) in [5.41, 5.74) is 2.59. The molecule has 0 fully saturated rings. The van der Waals surface area contributed by atoms with Crippen LogP contribution in [0.2, 0.25) is 0 Å². The van der Waals surface area contributed by atoms with Crippen LogP contribution < -0.4 is 10.1 Å². The molecule has 0 unspecified atom stereocenters. The van der Waals surface area contributed by atoms with Crippen molar-refractivity contribution in [1.82, 2.24) is 25.2 Å². The summed E-state index contributed by atoms with van der Waals surface area (Å²) in [6.45, 7) is 9.22. The van der Waals surface area contributed by atoms with E-state index in [0.29, 0.717) is 29.6 Å². The molecule has 0 bridgehead atoms. The van der Waals surface area contributed by atoms with Crippen molar-refractivity contribution in [2.75, 3.05) is 6.54 Å². The standard InChI is InChI=1S/C20H25N5O3/c1-13(11-25-15(3)9-14(2)23-25)10-21-20(26)17-7-5-6-8-18(17)27-12-19-22-16(4)28-24-19/h5-9,13H,10-12H2,1-4H3,(H,21,26)/t13-/m1/s1. The fourth-order valence-electron chi connectivity index (χ4n) is 2.90. The molecule has 0 saturated carbocycles. The van der Waals surface area contributed by atoms with Crippen molar-refractivity contribution in [2.45, 2.75) is 40.8 Å². The zero-order valence-corrected chi connectivity index (χ0v) is 16.6. The minimum absolute atomic E-state index is 0.135. The van der Waals surface area contributed by atoms with Gasteiger partial charge in [-0.1, -0.05) is 24.2 Å². The van der Waals surface area contributed by atoms with E-state index in [1.54, 1.807) is 25.1 Å². The maximum Gasteiger partial charge on any atom is 0.255 e. The second-order valence-electron chi connectivity index (χ2n) is 6.94. The molecule has 2 heterocycles. The van der Waals surface area contributed by atoms with E-state index in [4.69, 9.17) is 9.26 Å². The lowest BCUT2D eigenvalue weighted by atomic mass is 10.1. The molecule has 1 atom stereocenters. The molecular formula is C20H25N5O3. The Morgan fingerprint density at radius 3 is 2.75 bits per heavy atom. The Morgan fingerprint density at radius 1 is 1.29 bits per heavy atom. The second-order valence-corrected chi connectivity index (χ2v) is 6.94. The molecular weight excluding hydrogens is 358 g/mol. The summed E-state index contributed by atoms with van der Waals surface area (Å²) >= 11 is 0. The highest BCUT2D eigenvalue weighted by molar-refractivity contribution is 5.96. The highest BCUT2D eigenvalue weighted by atomic mass is 16.5. The van der Waals surface area contributed by atoms with Gasteiger partial charge < -0.3 is 14.6 Å². The van der Waals surface area contributed by atoms with E-state index in [9.17, 15) is 4.79 Å². The highest BCUT2D eigenvalue weighted by Crippen LogP contribution is 2.19. The number of carbonyl (C=O) groups is 1. The van der Waals surface area contributed by atoms with E-state index in [1.807, 2.05) is 30.7 Å². The van der Waals surface area contributed by atoms with Gasteiger partial charge in [0.05, 0.1) is 11.3 Å². The van der Waals surface area contributed by atoms with E-state index in [-0.39, 0.29) is 18.4 Å². The predicted molar refractivity (Wildman–Crippen MR) is 103 cm³/mol. The number of para-hydroxylation sites is 1. The van der Waals surface area contributed by atoms with E-state index in [0.717, 1.165) is 17.9 Å². The van der Waals surface area contributed by atoms with Gasteiger partial charge in [0.15, 0.2) is 6.61 Å². The minimum atomic E-state index is -0.180. The molecule has 3 rings (SSSR count). The van der Waals surface area contributed by atoms with Gasteiger partial charge in [0.1, 0.15) is 5.75 Å². The van der Waals surface area contributed by atoms with Gasteiger partial charge in [-0.2, -0.15) is 10.1 Å². The topological polar surface area (TPSA) is 95.1 Å². The molecule has 1 amide bonds. The van der Waals surface area contributed by atoms with Crippen LogP contribution in [0.25, 0.3) is 0 Å². The lowest BCUT2D eigenvalue weighted by molar-refractivity contribution is 0.0941. The maximum absolute atomic E-state index is 12.6. The summed E-state index contributed by atoms with van der Waals surface area (Å²) in [6.07, 6.45) is 0. The SMILES string of the molecule is Cc1cc(C)n(C[C@H](C)CNC(=O)c2ccccc2OCc2noc(C)n2)n1. The van der Waals surface area contributed by atoms with E-state index < -0.39 is 0 Å².